The quantitative estimate of drug-likeness (QED) is 0.337. The molecule has 0 radical (unpaired) electrons. The van der Waals surface area contributed by atoms with Gasteiger partial charge in [-0.15, -0.1) is 10.2 Å². The number of aromatic nitrogens is 3. The number of nitrogens with two attached hydrogens (primary N) is 1. The van der Waals surface area contributed by atoms with E-state index >= 15 is 0 Å². The Bertz CT molecular complexity index is 1240. The SMILES string of the molecule is Cc1ccc(OCc2nnc(SCC(=O)Nc3ccc4ccccc4c3)n2N)c(C)c1. The minimum Gasteiger partial charge on any atom is -0.485 e. The fraction of sp³-hybridized carbons (Fsp3) is 0.174. The molecule has 7 nitrogen and oxygen atoms in total. The predicted octanol–water partition coefficient (Wildman–Crippen LogP) is 4.07. The van der Waals surface area contributed by atoms with Gasteiger partial charge in [0.25, 0.3) is 0 Å². The molecule has 0 aliphatic rings. The third kappa shape index (κ3) is 4.97. The van der Waals surface area contributed by atoms with Crippen LogP contribution in [0.3, 0.4) is 0 Å². The van der Waals surface area contributed by atoms with Crippen LogP contribution >= 0.6 is 11.8 Å². The van der Waals surface area contributed by atoms with Crippen molar-refractivity contribution in [3.63, 3.8) is 0 Å². The molecule has 1 amide bonds. The third-order valence-corrected chi connectivity index (χ3v) is 5.73. The summed E-state index contributed by atoms with van der Waals surface area (Å²) >= 11 is 1.22. The zero-order valence-corrected chi connectivity index (χ0v) is 18.1. The van der Waals surface area contributed by atoms with E-state index in [9.17, 15) is 4.79 Å². The lowest BCUT2D eigenvalue weighted by Crippen LogP contribution is -2.18. The van der Waals surface area contributed by atoms with E-state index < -0.39 is 0 Å². The van der Waals surface area contributed by atoms with Crippen molar-refractivity contribution in [3.05, 3.63) is 77.6 Å². The number of thioether (sulfide) groups is 1. The largest absolute Gasteiger partial charge is 0.485 e. The molecule has 158 valence electrons. The lowest BCUT2D eigenvalue weighted by molar-refractivity contribution is -0.113. The number of aryl methyl sites for hydroxylation is 2. The van der Waals surface area contributed by atoms with Gasteiger partial charge in [-0.1, -0.05) is 59.8 Å². The van der Waals surface area contributed by atoms with Crippen molar-refractivity contribution in [1.29, 1.82) is 0 Å². The monoisotopic (exact) mass is 433 g/mol. The van der Waals surface area contributed by atoms with Crippen LogP contribution in [0.5, 0.6) is 5.75 Å². The van der Waals surface area contributed by atoms with Gasteiger partial charge in [-0.2, -0.15) is 0 Å². The van der Waals surface area contributed by atoms with Crippen molar-refractivity contribution in [2.24, 2.45) is 0 Å². The summed E-state index contributed by atoms with van der Waals surface area (Å²) in [6.07, 6.45) is 0. The van der Waals surface area contributed by atoms with Crippen LogP contribution in [0.25, 0.3) is 10.8 Å². The minimum absolute atomic E-state index is 0.142. The van der Waals surface area contributed by atoms with Crippen LogP contribution in [0.15, 0.2) is 65.8 Å². The van der Waals surface area contributed by atoms with Crippen LogP contribution in [0.4, 0.5) is 5.69 Å². The second kappa shape index (κ2) is 9.09. The molecule has 0 aliphatic heterocycles. The molecule has 0 spiro atoms. The molecule has 4 aromatic rings. The van der Waals surface area contributed by atoms with Gasteiger partial charge in [0.2, 0.25) is 11.1 Å². The summed E-state index contributed by atoms with van der Waals surface area (Å²) in [6.45, 7) is 4.22. The van der Waals surface area contributed by atoms with Gasteiger partial charge >= 0.3 is 0 Å². The Morgan fingerprint density at radius 1 is 1.06 bits per heavy atom. The van der Waals surface area contributed by atoms with Gasteiger partial charge in [0.05, 0.1) is 5.75 Å². The number of rotatable bonds is 7. The van der Waals surface area contributed by atoms with Gasteiger partial charge < -0.3 is 15.9 Å². The van der Waals surface area contributed by atoms with E-state index in [1.165, 1.54) is 22.0 Å². The van der Waals surface area contributed by atoms with Crippen LogP contribution in [0.2, 0.25) is 0 Å². The van der Waals surface area contributed by atoms with Crippen molar-refractivity contribution < 1.29 is 9.53 Å². The van der Waals surface area contributed by atoms with E-state index in [1.807, 2.05) is 68.4 Å². The zero-order valence-electron chi connectivity index (χ0n) is 17.3. The maximum absolute atomic E-state index is 12.4. The molecule has 0 fully saturated rings. The second-order valence-corrected chi connectivity index (χ2v) is 8.17. The molecule has 0 bridgehead atoms. The number of nitrogens with zero attached hydrogens (tertiary/aromatic N) is 3. The number of benzene rings is 3. The molecule has 3 N–H and O–H groups in total. The summed E-state index contributed by atoms with van der Waals surface area (Å²) < 4.78 is 7.18. The Kier molecular flexibility index (Phi) is 6.08. The van der Waals surface area contributed by atoms with Gasteiger partial charge in [-0.3, -0.25) is 4.79 Å². The number of nitrogens with one attached hydrogen (secondary N) is 1. The van der Waals surface area contributed by atoms with Crippen molar-refractivity contribution in [1.82, 2.24) is 14.9 Å². The van der Waals surface area contributed by atoms with Gasteiger partial charge in [0, 0.05) is 5.69 Å². The maximum atomic E-state index is 12.4. The summed E-state index contributed by atoms with van der Waals surface area (Å²) in [5.41, 5.74) is 2.97. The highest BCUT2D eigenvalue weighted by Gasteiger charge is 2.13. The predicted molar refractivity (Wildman–Crippen MR) is 124 cm³/mol. The molecule has 0 saturated carbocycles. The average molecular weight is 434 g/mol. The first-order valence-corrected chi connectivity index (χ1v) is 10.8. The summed E-state index contributed by atoms with van der Waals surface area (Å²) in [4.78, 5) is 12.4. The second-order valence-electron chi connectivity index (χ2n) is 7.23. The molecule has 31 heavy (non-hydrogen) atoms. The molecule has 8 heteroatoms. The highest BCUT2D eigenvalue weighted by atomic mass is 32.2. The Balaban J connectivity index is 1.33. The molecule has 1 aromatic heterocycles. The van der Waals surface area contributed by atoms with Crippen molar-refractivity contribution in [2.75, 3.05) is 16.9 Å². The first-order chi connectivity index (χ1) is 15.0. The number of anilines is 1. The Morgan fingerprint density at radius 2 is 1.87 bits per heavy atom. The Labute approximate surface area is 184 Å². The zero-order chi connectivity index (χ0) is 21.8. The number of carbonyl (C=O) groups is 1. The molecule has 0 saturated heterocycles. The molecule has 1 heterocycles. The van der Waals surface area contributed by atoms with Gasteiger partial charge in [-0.25, -0.2) is 4.68 Å². The number of amides is 1. The van der Waals surface area contributed by atoms with Crippen molar-refractivity contribution in [3.8, 4) is 5.75 Å². The van der Waals surface area contributed by atoms with Crippen molar-refractivity contribution in [2.45, 2.75) is 25.6 Å². The Hall–Kier alpha value is -3.52. The van der Waals surface area contributed by atoms with E-state index in [2.05, 4.69) is 21.6 Å². The van der Waals surface area contributed by atoms with Gasteiger partial charge in [-0.05, 0) is 48.4 Å². The van der Waals surface area contributed by atoms with Crippen LogP contribution in [-0.2, 0) is 11.4 Å². The molecular weight excluding hydrogens is 410 g/mol. The number of ether oxygens (including phenoxy) is 1. The fourth-order valence-corrected chi connectivity index (χ4v) is 3.88. The summed E-state index contributed by atoms with van der Waals surface area (Å²) in [7, 11) is 0. The number of hydrogen-bond acceptors (Lipinski definition) is 6. The number of hydrogen-bond donors (Lipinski definition) is 2. The molecular formula is C23H23N5O2S. The molecule has 0 atom stereocenters. The summed E-state index contributed by atoms with van der Waals surface area (Å²) in [5.74, 6) is 7.37. The lowest BCUT2D eigenvalue weighted by Gasteiger charge is -2.09. The normalized spacial score (nSPS) is 10.9. The number of fused-ring (bicyclic) bond motifs is 1. The van der Waals surface area contributed by atoms with E-state index in [1.54, 1.807) is 0 Å². The van der Waals surface area contributed by atoms with Gasteiger partial charge in [0.15, 0.2) is 5.82 Å². The van der Waals surface area contributed by atoms with E-state index in [0.29, 0.717) is 11.0 Å². The molecule has 0 unspecified atom stereocenters. The van der Waals surface area contributed by atoms with E-state index in [4.69, 9.17) is 10.6 Å². The van der Waals surface area contributed by atoms with E-state index in [0.717, 1.165) is 27.8 Å². The molecule has 4 rings (SSSR count). The highest BCUT2D eigenvalue weighted by molar-refractivity contribution is 7.99. The first-order valence-electron chi connectivity index (χ1n) is 9.80. The standard InChI is InChI=1S/C23H23N5O2S/c1-15-7-10-20(16(2)11-15)30-13-21-26-27-23(28(21)24)31-14-22(29)25-19-9-8-17-5-3-4-6-18(17)12-19/h3-12H,13-14,24H2,1-2H3,(H,25,29). The number of carbonyl (C=O) groups excluding carboxylic acids is 1. The van der Waals surface area contributed by atoms with Gasteiger partial charge in [0.1, 0.15) is 12.4 Å². The summed E-state index contributed by atoms with van der Waals surface area (Å²) in [6, 6.07) is 19.8. The van der Waals surface area contributed by atoms with Crippen molar-refractivity contribution >= 4 is 34.1 Å². The topological polar surface area (TPSA) is 95.1 Å². The van der Waals surface area contributed by atoms with Crippen LogP contribution in [-0.4, -0.2) is 26.5 Å². The average Bonchev–Trinajstić information content (AvgIpc) is 3.11. The minimum atomic E-state index is -0.142. The fourth-order valence-electron chi connectivity index (χ4n) is 3.20. The maximum Gasteiger partial charge on any atom is 0.234 e. The highest BCUT2D eigenvalue weighted by Crippen LogP contribution is 2.22. The summed E-state index contributed by atoms with van der Waals surface area (Å²) in [5, 5.41) is 13.7. The smallest absolute Gasteiger partial charge is 0.234 e. The molecule has 0 aliphatic carbocycles. The number of nitrogen functional groups attached to an aromatic ring is 1. The first kappa shape index (κ1) is 20.7. The lowest BCUT2D eigenvalue weighted by atomic mass is 10.1. The van der Waals surface area contributed by atoms with Crippen LogP contribution < -0.4 is 15.9 Å². The van der Waals surface area contributed by atoms with Crippen LogP contribution in [0, 0.1) is 13.8 Å². The molecule has 3 aromatic carbocycles. The van der Waals surface area contributed by atoms with E-state index in [-0.39, 0.29) is 18.3 Å². The Morgan fingerprint density at radius 3 is 2.68 bits per heavy atom. The van der Waals surface area contributed by atoms with Crippen LogP contribution in [0.1, 0.15) is 17.0 Å². The third-order valence-electron chi connectivity index (χ3n) is 4.79.